The minimum Gasteiger partial charge on any atom is -0.449 e. The highest BCUT2D eigenvalue weighted by Crippen LogP contribution is 2.21. The van der Waals surface area contributed by atoms with E-state index >= 15 is 0 Å². The molecule has 0 heterocycles. The van der Waals surface area contributed by atoms with Crippen molar-refractivity contribution in [1.82, 2.24) is 0 Å². The Kier molecular flexibility index (Phi) is 3.99. The second-order valence-corrected chi connectivity index (χ2v) is 3.70. The SMILES string of the molecule is C#CCOC(=O)c1cc(Cl)ccc1Br. The maximum atomic E-state index is 11.4. The molecule has 0 aliphatic rings. The van der Waals surface area contributed by atoms with Gasteiger partial charge in [-0.15, -0.1) is 6.42 Å². The van der Waals surface area contributed by atoms with Crippen LogP contribution in [0, 0.1) is 12.3 Å². The number of hydrogen-bond acceptors (Lipinski definition) is 2. The number of terminal acetylenes is 1. The zero-order valence-corrected chi connectivity index (χ0v) is 9.43. The van der Waals surface area contributed by atoms with Crippen LogP contribution in [0.5, 0.6) is 0 Å². The largest absolute Gasteiger partial charge is 0.449 e. The summed E-state index contributed by atoms with van der Waals surface area (Å²) in [5.41, 5.74) is 0.368. The molecule has 14 heavy (non-hydrogen) atoms. The van der Waals surface area contributed by atoms with Crippen molar-refractivity contribution in [3.05, 3.63) is 33.3 Å². The molecular weight excluding hydrogens is 267 g/mol. The molecule has 72 valence electrons. The van der Waals surface area contributed by atoms with Crippen LogP contribution in [0.2, 0.25) is 5.02 Å². The normalized spacial score (nSPS) is 9.21. The lowest BCUT2D eigenvalue weighted by molar-refractivity contribution is 0.0555. The number of benzene rings is 1. The molecule has 0 spiro atoms. The van der Waals surface area contributed by atoms with Crippen LogP contribution in [-0.4, -0.2) is 12.6 Å². The molecule has 1 rings (SSSR count). The van der Waals surface area contributed by atoms with Crippen LogP contribution in [0.4, 0.5) is 0 Å². The summed E-state index contributed by atoms with van der Waals surface area (Å²) < 4.78 is 5.38. The molecule has 0 N–H and O–H groups in total. The van der Waals surface area contributed by atoms with E-state index in [1.807, 2.05) is 0 Å². The molecule has 0 bridgehead atoms. The zero-order valence-electron chi connectivity index (χ0n) is 7.09. The van der Waals surface area contributed by atoms with Gasteiger partial charge in [0.15, 0.2) is 6.61 Å². The first-order valence-corrected chi connectivity index (χ1v) is 4.88. The van der Waals surface area contributed by atoms with Crippen molar-refractivity contribution < 1.29 is 9.53 Å². The van der Waals surface area contributed by atoms with Crippen LogP contribution in [0.1, 0.15) is 10.4 Å². The second kappa shape index (κ2) is 5.04. The van der Waals surface area contributed by atoms with Crippen molar-refractivity contribution in [2.24, 2.45) is 0 Å². The quantitative estimate of drug-likeness (QED) is 0.612. The molecular formula is C10H6BrClO2. The summed E-state index contributed by atoms with van der Waals surface area (Å²) in [5, 5.41) is 0.473. The fourth-order valence-corrected chi connectivity index (χ4v) is 1.42. The Bertz CT molecular complexity index is 396. The van der Waals surface area contributed by atoms with Crippen LogP contribution in [-0.2, 0) is 4.74 Å². The number of carbonyl (C=O) groups excluding carboxylic acids is 1. The number of halogens is 2. The number of rotatable bonds is 2. The maximum absolute atomic E-state index is 11.4. The van der Waals surface area contributed by atoms with Gasteiger partial charge < -0.3 is 4.74 Å². The molecule has 0 aromatic heterocycles. The highest BCUT2D eigenvalue weighted by molar-refractivity contribution is 9.10. The summed E-state index contributed by atoms with van der Waals surface area (Å²) in [6.45, 7) is -0.0439. The topological polar surface area (TPSA) is 26.3 Å². The lowest BCUT2D eigenvalue weighted by atomic mass is 10.2. The van der Waals surface area contributed by atoms with E-state index in [0.29, 0.717) is 15.1 Å². The average molecular weight is 274 g/mol. The molecule has 0 atom stereocenters. The Morgan fingerprint density at radius 3 is 3.00 bits per heavy atom. The van der Waals surface area contributed by atoms with Gasteiger partial charge in [-0.2, -0.15) is 0 Å². The molecule has 1 aromatic rings. The van der Waals surface area contributed by atoms with Gasteiger partial charge in [-0.1, -0.05) is 17.5 Å². The Morgan fingerprint density at radius 1 is 1.64 bits per heavy atom. The maximum Gasteiger partial charge on any atom is 0.340 e. The predicted molar refractivity (Wildman–Crippen MR) is 58.3 cm³/mol. The smallest absolute Gasteiger partial charge is 0.340 e. The van der Waals surface area contributed by atoms with Gasteiger partial charge in [-0.05, 0) is 34.1 Å². The van der Waals surface area contributed by atoms with E-state index < -0.39 is 5.97 Å². The summed E-state index contributed by atoms with van der Waals surface area (Å²) in [7, 11) is 0. The third-order valence-corrected chi connectivity index (χ3v) is 2.36. The first-order valence-electron chi connectivity index (χ1n) is 3.71. The van der Waals surface area contributed by atoms with Crippen molar-refractivity contribution in [3.8, 4) is 12.3 Å². The number of carbonyl (C=O) groups is 1. The lowest BCUT2D eigenvalue weighted by Crippen LogP contribution is -2.06. The van der Waals surface area contributed by atoms with E-state index in [2.05, 4.69) is 21.9 Å². The molecule has 2 nitrogen and oxygen atoms in total. The summed E-state index contributed by atoms with van der Waals surface area (Å²) in [6.07, 6.45) is 4.96. The number of esters is 1. The molecule has 0 aliphatic heterocycles. The van der Waals surface area contributed by atoms with Crippen molar-refractivity contribution in [1.29, 1.82) is 0 Å². The molecule has 0 saturated carbocycles. The van der Waals surface area contributed by atoms with E-state index in [0.717, 1.165) is 0 Å². The van der Waals surface area contributed by atoms with Gasteiger partial charge in [-0.25, -0.2) is 4.79 Å². The lowest BCUT2D eigenvalue weighted by Gasteiger charge is -2.03. The molecule has 4 heteroatoms. The molecule has 0 amide bonds. The minimum atomic E-state index is -0.489. The van der Waals surface area contributed by atoms with Crippen molar-refractivity contribution >= 4 is 33.5 Å². The van der Waals surface area contributed by atoms with Gasteiger partial charge in [0.2, 0.25) is 0 Å². The predicted octanol–water partition coefficient (Wildman–Crippen LogP) is 2.89. The molecule has 0 unspecified atom stereocenters. The minimum absolute atomic E-state index is 0.0439. The molecule has 0 radical (unpaired) electrons. The first-order chi connectivity index (χ1) is 6.65. The highest BCUT2D eigenvalue weighted by atomic mass is 79.9. The third kappa shape index (κ3) is 2.76. The van der Waals surface area contributed by atoms with Crippen molar-refractivity contribution in [2.75, 3.05) is 6.61 Å². The van der Waals surface area contributed by atoms with Gasteiger partial charge >= 0.3 is 5.97 Å². The molecule has 0 saturated heterocycles. The van der Waals surface area contributed by atoms with E-state index in [1.54, 1.807) is 12.1 Å². The van der Waals surface area contributed by atoms with Gasteiger partial charge in [-0.3, -0.25) is 0 Å². The van der Waals surface area contributed by atoms with E-state index in [-0.39, 0.29) is 6.61 Å². The first kappa shape index (κ1) is 11.1. The summed E-state index contributed by atoms with van der Waals surface area (Å²) >= 11 is 8.94. The van der Waals surface area contributed by atoms with Crippen molar-refractivity contribution in [2.45, 2.75) is 0 Å². The Hall–Kier alpha value is -0.980. The van der Waals surface area contributed by atoms with E-state index in [9.17, 15) is 4.79 Å². The number of ether oxygens (including phenoxy) is 1. The third-order valence-electron chi connectivity index (χ3n) is 1.43. The summed E-state index contributed by atoms with van der Waals surface area (Å²) in [6, 6.07) is 4.86. The molecule has 1 aromatic carbocycles. The fourth-order valence-electron chi connectivity index (χ4n) is 0.839. The highest BCUT2D eigenvalue weighted by Gasteiger charge is 2.11. The van der Waals surface area contributed by atoms with Crippen LogP contribution in [0.15, 0.2) is 22.7 Å². The zero-order chi connectivity index (χ0) is 10.6. The summed E-state index contributed by atoms with van der Waals surface area (Å²) in [5.74, 6) is 1.72. The van der Waals surface area contributed by atoms with Crippen LogP contribution in [0.3, 0.4) is 0 Å². The number of hydrogen-bond donors (Lipinski definition) is 0. The second-order valence-electron chi connectivity index (χ2n) is 2.40. The summed E-state index contributed by atoms with van der Waals surface area (Å²) in [4.78, 5) is 11.4. The van der Waals surface area contributed by atoms with Gasteiger partial charge in [0, 0.05) is 9.50 Å². The monoisotopic (exact) mass is 272 g/mol. The molecule has 0 fully saturated rings. The van der Waals surface area contributed by atoms with Crippen LogP contribution in [0.25, 0.3) is 0 Å². The standard InChI is InChI=1S/C10H6BrClO2/c1-2-5-14-10(13)8-6-7(12)3-4-9(8)11/h1,3-4,6H,5H2. The van der Waals surface area contributed by atoms with E-state index in [4.69, 9.17) is 22.8 Å². The van der Waals surface area contributed by atoms with Crippen molar-refractivity contribution in [3.63, 3.8) is 0 Å². The Balaban J connectivity index is 2.90. The van der Waals surface area contributed by atoms with Gasteiger partial charge in [0.1, 0.15) is 0 Å². The fraction of sp³-hybridized carbons (Fsp3) is 0.100. The van der Waals surface area contributed by atoms with E-state index in [1.165, 1.54) is 6.07 Å². The average Bonchev–Trinajstić information content (AvgIpc) is 2.18. The Morgan fingerprint density at radius 2 is 2.36 bits per heavy atom. The van der Waals surface area contributed by atoms with Crippen LogP contribution < -0.4 is 0 Å². The molecule has 0 aliphatic carbocycles. The van der Waals surface area contributed by atoms with Gasteiger partial charge in [0.25, 0.3) is 0 Å². The van der Waals surface area contributed by atoms with Crippen LogP contribution >= 0.6 is 27.5 Å². The van der Waals surface area contributed by atoms with Gasteiger partial charge in [0.05, 0.1) is 5.56 Å². The Labute approximate surface area is 95.3 Å².